The highest BCUT2D eigenvalue weighted by Gasteiger charge is 2.41. The van der Waals surface area contributed by atoms with Crippen molar-refractivity contribution in [2.24, 2.45) is 0 Å². The van der Waals surface area contributed by atoms with Crippen LogP contribution in [0.15, 0.2) is 24.3 Å². The van der Waals surface area contributed by atoms with Gasteiger partial charge in [-0.15, -0.1) is 0 Å². The second-order valence-electron chi connectivity index (χ2n) is 4.82. The Bertz CT molecular complexity index is 490. The highest BCUT2D eigenvalue weighted by Crippen LogP contribution is 2.33. The van der Waals surface area contributed by atoms with E-state index in [4.69, 9.17) is 0 Å². The second kappa shape index (κ2) is 4.42. The number of benzene rings is 1. The summed E-state index contributed by atoms with van der Waals surface area (Å²) >= 11 is 0. The molecule has 0 spiro atoms. The van der Waals surface area contributed by atoms with Gasteiger partial charge >= 0.3 is 0 Å². The van der Waals surface area contributed by atoms with E-state index < -0.39 is 15.4 Å². The third kappa shape index (κ3) is 2.69. The minimum atomic E-state index is -3.07. The van der Waals surface area contributed by atoms with Crippen LogP contribution in [0.5, 0.6) is 0 Å². The molecule has 3 nitrogen and oxygen atoms in total. The van der Waals surface area contributed by atoms with Crippen LogP contribution in [0, 0.1) is 0 Å². The fourth-order valence-corrected chi connectivity index (χ4v) is 4.16. The summed E-state index contributed by atoms with van der Waals surface area (Å²) in [6.07, 6.45) is 2.40. The van der Waals surface area contributed by atoms with Crippen molar-refractivity contribution in [2.75, 3.05) is 11.5 Å². The summed E-state index contributed by atoms with van der Waals surface area (Å²) in [5, 5.41) is 10.3. The molecule has 1 heterocycles. The van der Waals surface area contributed by atoms with Crippen LogP contribution in [0.2, 0.25) is 0 Å². The van der Waals surface area contributed by atoms with Gasteiger partial charge < -0.3 is 5.11 Å². The molecule has 1 aromatic rings. The Morgan fingerprint density at radius 2 is 1.94 bits per heavy atom. The van der Waals surface area contributed by atoms with Gasteiger partial charge in [-0.05, 0) is 24.0 Å². The summed E-state index contributed by atoms with van der Waals surface area (Å²) in [7, 11) is -3.07. The van der Waals surface area contributed by atoms with E-state index in [1.165, 1.54) is 5.56 Å². The van der Waals surface area contributed by atoms with Crippen molar-refractivity contribution in [3.63, 3.8) is 0 Å². The van der Waals surface area contributed by atoms with Crippen molar-refractivity contribution in [2.45, 2.75) is 31.8 Å². The lowest BCUT2D eigenvalue weighted by atomic mass is 9.92. The van der Waals surface area contributed by atoms with Crippen molar-refractivity contribution in [1.29, 1.82) is 0 Å². The first-order valence-corrected chi connectivity index (χ1v) is 7.79. The van der Waals surface area contributed by atoms with Crippen LogP contribution in [0.4, 0.5) is 0 Å². The third-order valence-corrected chi connectivity index (χ3v) is 5.06. The molecule has 94 valence electrons. The summed E-state index contributed by atoms with van der Waals surface area (Å²) in [4.78, 5) is 0. The van der Waals surface area contributed by atoms with E-state index >= 15 is 0 Å². The van der Waals surface area contributed by atoms with Gasteiger partial charge in [0.1, 0.15) is 5.60 Å². The van der Waals surface area contributed by atoms with Gasteiger partial charge in [-0.2, -0.15) is 0 Å². The monoisotopic (exact) mass is 254 g/mol. The van der Waals surface area contributed by atoms with Gasteiger partial charge in [0.2, 0.25) is 0 Å². The Balaban J connectivity index is 2.23. The summed E-state index contributed by atoms with van der Waals surface area (Å²) in [5.74, 6) is -0.0622. The average Bonchev–Trinajstić information content (AvgIpc) is 2.56. The summed E-state index contributed by atoms with van der Waals surface area (Å²) in [6, 6.07) is 7.65. The Labute approximate surface area is 102 Å². The fourth-order valence-electron chi connectivity index (χ4n) is 2.33. The molecule has 1 aromatic carbocycles. The first-order chi connectivity index (χ1) is 7.95. The molecule has 1 atom stereocenters. The van der Waals surface area contributed by atoms with Gasteiger partial charge in [-0.3, -0.25) is 0 Å². The van der Waals surface area contributed by atoms with Gasteiger partial charge in [0.05, 0.1) is 11.5 Å². The van der Waals surface area contributed by atoms with E-state index in [0.717, 1.165) is 18.4 Å². The molecule has 1 unspecified atom stereocenters. The number of rotatable bonds is 3. The zero-order valence-corrected chi connectivity index (χ0v) is 10.8. The van der Waals surface area contributed by atoms with E-state index in [2.05, 4.69) is 6.92 Å². The Hall–Kier alpha value is -0.870. The Morgan fingerprint density at radius 3 is 2.41 bits per heavy atom. The number of sulfone groups is 1. The van der Waals surface area contributed by atoms with Crippen molar-refractivity contribution < 1.29 is 13.5 Å². The molecule has 1 fully saturated rings. The minimum Gasteiger partial charge on any atom is -0.384 e. The van der Waals surface area contributed by atoms with E-state index in [-0.39, 0.29) is 11.5 Å². The zero-order valence-electron chi connectivity index (χ0n) is 10.0. The van der Waals surface area contributed by atoms with Gasteiger partial charge in [0, 0.05) is 0 Å². The van der Waals surface area contributed by atoms with Crippen molar-refractivity contribution >= 4 is 9.84 Å². The molecular weight excluding hydrogens is 236 g/mol. The fraction of sp³-hybridized carbons (Fsp3) is 0.538. The molecule has 0 amide bonds. The molecule has 0 bridgehead atoms. The molecule has 4 heteroatoms. The molecular formula is C13H18O3S. The molecule has 1 saturated heterocycles. The van der Waals surface area contributed by atoms with E-state index in [1.54, 1.807) is 0 Å². The van der Waals surface area contributed by atoms with E-state index in [1.807, 2.05) is 24.3 Å². The molecule has 1 N–H and O–H groups in total. The minimum absolute atomic E-state index is 0.0835. The summed E-state index contributed by atoms with van der Waals surface area (Å²) in [5.41, 5.74) is 0.767. The molecule has 2 rings (SSSR count). The number of aryl methyl sites for hydroxylation is 1. The van der Waals surface area contributed by atoms with Gasteiger partial charge in [0.15, 0.2) is 9.84 Å². The van der Waals surface area contributed by atoms with Crippen LogP contribution < -0.4 is 0 Å². The van der Waals surface area contributed by atoms with Crippen LogP contribution >= 0.6 is 0 Å². The van der Waals surface area contributed by atoms with Crippen LogP contribution in [-0.2, 0) is 21.9 Å². The predicted molar refractivity (Wildman–Crippen MR) is 67.6 cm³/mol. The molecule has 0 radical (unpaired) electrons. The average molecular weight is 254 g/mol. The van der Waals surface area contributed by atoms with Crippen LogP contribution in [-0.4, -0.2) is 25.0 Å². The largest absolute Gasteiger partial charge is 0.384 e. The standard InChI is InChI=1S/C13H18O3S/c1-2-3-11-4-6-12(7-5-11)13(14)8-9-17(15,16)10-13/h4-7,14H,2-3,8-10H2,1H3. The maximum absolute atomic E-state index is 11.4. The van der Waals surface area contributed by atoms with Crippen LogP contribution in [0.1, 0.15) is 30.9 Å². The normalized spacial score (nSPS) is 27.2. The van der Waals surface area contributed by atoms with Crippen molar-refractivity contribution in [1.82, 2.24) is 0 Å². The third-order valence-electron chi connectivity index (χ3n) is 3.32. The van der Waals surface area contributed by atoms with E-state index in [9.17, 15) is 13.5 Å². The molecule has 1 aliphatic heterocycles. The zero-order chi connectivity index (χ0) is 12.5. The lowest BCUT2D eigenvalue weighted by Crippen LogP contribution is -2.26. The SMILES string of the molecule is CCCc1ccc(C2(O)CCS(=O)(=O)C2)cc1. The number of hydrogen-bond acceptors (Lipinski definition) is 3. The summed E-state index contributed by atoms with van der Waals surface area (Å²) < 4.78 is 22.9. The van der Waals surface area contributed by atoms with Crippen LogP contribution in [0.3, 0.4) is 0 Å². The molecule has 0 aliphatic carbocycles. The van der Waals surface area contributed by atoms with Gasteiger partial charge in [0.25, 0.3) is 0 Å². The quantitative estimate of drug-likeness (QED) is 0.892. The Morgan fingerprint density at radius 1 is 1.29 bits per heavy atom. The second-order valence-corrected chi connectivity index (χ2v) is 7.00. The number of hydrogen-bond donors (Lipinski definition) is 1. The molecule has 0 saturated carbocycles. The highest BCUT2D eigenvalue weighted by molar-refractivity contribution is 7.91. The van der Waals surface area contributed by atoms with E-state index in [0.29, 0.717) is 6.42 Å². The predicted octanol–water partition coefficient (Wildman–Crippen LogP) is 1.65. The molecule has 0 aromatic heterocycles. The molecule has 17 heavy (non-hydrogen) atoms. The maximum atomic E-state index is 11.4. The summed E-state index contributed by atoms with van der Waals surface area (Å²) in [6.45, 7) is 2.12. The van der Waals surface area contributed by atoms with Crippen molar-refractivity contribution in [3.05, 3.63) is 35.4 Å². The smallest absolute Gasteiger partial charge is 0.153 e. The Kier molecular flexibility index (Phi) is 3.27. The first kappa shape index (κ1) is 12.6. The number of aliphatic hydroxyl groups is 1. The molecule has 1 aliphatic rings. The van der Waals surface area contributed by atoms with Crippen molar-refractivity contribution in [3.8, 4) is 0 Å². The first-order valence-electron chi connectivity index (χ1n) is 5.97. The van der Waals surface area contributed by atoms with Gasteiger partial charge in [-0.25, -0.2) is 8.42 Å². The van der Waals surface area contributed by atoms with Gasteiger partial charge in [-0.1, -0.05) is 37.6 Å². The lowest BCUT2D eigenvalue weighted by molar-refractivity contribution is 0.0653. The van der Waals surface area contributed by atoms with Crippen LogP contribution in [0.25, 0.3) is 0 Å². The lowest BCUT2D eigenvalue weighted by Gasteiger charge is -2.21. The maximum Gasteiger partial charge on any atom is 0.153 e. The highest BCUT2D eigenvalue weighted by atomic mass is 32.2. The topological polar surface area (TPSA) is 54.4 Å².